The van der Waals surface area contributed by atoms with E-state index in [9.17, 15) is 0 Å². The first-order valence-electron chi connectivity index (χ1n) is 6.26. The normalized spacial score (nSPS) is 10.8. The summed E-state index contributed by atoms with van der Waals surface area (Å²) in [4.78, 5) is 4.62. The minimum Gasteiger partial charge on any atom is -0.326 e. The number of aryl methyl sites for hydroxylation is 1. The van der Waals surface area contributed by atoms with Gasteiger partial charge in [0.1, 0.15) is 0 Å². The number of para-hydroxylation sites is 2. The van der Waals surface area contributed by atoms with Crippen LogP contribution in [0.5, 0.6) is 0 Å². The van der Waals surface area contributed by atoms with Gasteiger partial charge in [-0.3, -0.25) is 0 Å². The maximum Gasteiger partial charge on any atom is 0.208 e. The Hall–Kier alpha value is -2.00. The van der Waals surface area contributed by atoms with Crippen molar-refractivity contribution in [3.8, 4) is 0 Å². The zero-order valence-electron chi connectivity index (χ0n) is 10.6. The third-order valence-electron chi connectivity index (χ3n) is 3.05. The Balaban J connectivity index is 2.05. The number of benzene rings is 2. The van der Waals surface area contributed by atoms with Gasteiger partial charge in [0.2, 0.25) is 5.95 Å². The predicted octanol–water partition coefficient (Wildman–Crippen LogP) is 4.45. The van der Waals surface area contributed by atoms with Crippen LogP contribution in [0.1, 0.15) is 6.92 Å². The fourth-order valence-electron chi connectivity index (χ4n) is 2.19. The molecule has 0 aliphatic heterocycles. The zero-order valence-corrected chi connectivity index (χ0v) is 11.4. The van der Waals surface area contributed by atoms with Crippen LogP contribution in [0.2, 0.25) is 5.02 Å². The first-order valence-corrected chi connectivity index (χ1v) is 6.63. The number of hydrogen-bond acceptors (Lipinski definition) is 2. The van der Waals surface area contributed by atoms with Crippen molar-refractivity contribution in [1.29, 1.82) is 0 Å². The van der Waals surface area contributed by atoms with Crippen molar-refractivity contribution in [2.75, 3.05) is 5.32 Å². The van der Waals surface area contributed by atoms with Crippen LogP contribution in [-0.4, -0.2) is 9.55 Å². The number of rotatable bonds is 3. The van der Waals surface area contributed by atoms with Gasteiger partial charge in [-0.1, -0.05) is 29.8 Å². The number of aromatic nitrogens is 2. The predicted molar refractivity (Wildman–Crippen MR) is 80.1 cm³/mol. The molecule has 0 fully saturated rings. The maximum absolute atomic E-state index is 6.00. The van der Waals surface area contributed by atoms with E-state index in [2.05, 4.69) is 27.9 Å². The summed E-state index contributed by atoms with van der Waals surface area (Å²) in [6.45, 7) is 2.97. The molecule has 0 saturated carbocycles. The van der Waals surface area contributed by atoms with E-state index in [1.165, 1.54) is 0 Å². The molecule has 2 aromatic carbocycles. The molecule has 0 aliphatic rings. The molecule has 0 bridgehead atoms. The number of halogens is 1. The topological polar surface area (TPSA) is 29.9 Å². The number of anilines is 2. The smallest absolute Gasteiger partial charge is 0.208 e. The minimum atomic E-state index is 0.712. The molecule has 0 amide bonds. The number of nitrogens with one attached hydrogen (secondary N) is 1. The molecule has 1 N–H and O–H groups in total. The summed E-state index contributed by atoms with van der Waals surface area (Å²) >= 11 is 6.00. The Kier molecular flexibility index (Phi) is 3.13. The lowest BCUT2D eigenvalue weighted by molar-refractivity contribution is 0.797. The highest BCUT2D eigenvalue weighted by Gasteiger charge is 2.08. The third kappa shape index (κ3) is 2.29. The van der Waals surface area contributed by atoms with Gasteiger partial charge >= 0.3 is 0 Å². The van der Waals surface area contributed by atoms with E-state index in [4.69, 9.17) is 11.6 Å². The standard InChI is InChI=1S/C15H14ClN3/c1-2-19-14-9-4-3-8-13(14)18-15(19)17-12-7-5-6-11(16)10-12/h3-10H,2H2,1H3,(H,17,18). The average Bonchev–Trinajstić information content (AvgIpc) is 2.75. The summed E-state index contributed by atoms with van der Waals surface area (Å²) in [5, 5.41) is 4.03. The lowest BCUT2D eigenvalue weighted by atomic mass is 10.3. The summed E-state index contributed by atoms with van der Waals surface area (Å²) in [5.74, 6) is 0.839. The molecule has 0 atom stereocenters. The third-order valence-corrected chi connectivity index (χ3v) is 3.29. The van der Waals surface area contributed by atoms with Gasteiger partial charge < -0.3 is 9.88 Å². The molecule has 19 heavy (non-hydrogen) atoms. The molecule has 1 aromatic heterocycles. The van der Waals surface area contributed by atoms with Gasteiger partial charge in [-0.25, -0.2) is 4.98 Å². The largest absolute Gasteiger partial charge is 0.326 e. The van der Waals surface area contributed by atoms with Crippen LogP contribution in [-0.2, 0) is 6.54 Å². The monoisotopic (exact) mass is 271 g/mol. The molecule has 3 nitrogen and oxygen atoms in total. The highest BCUT2D eigenvalue weighted by Crippen LogP contribution is 2.24. The van der Waals surface area contributed by atoms with Gasteiger partial charge in [0, 0.05) is 17.3 Å². The summed E-state index contributed by atoms with van der Waals surface area (Å²) in [6, 6.07) is 15.8. The number of nitrogens with zero attached hydrogens (tertiary/aromatic N) is 2. The molecule has 0 aliphatic carbocycles. The van der Waals surface area contributed by atoms with Crippen LogP contribution in [0.15, 0.2) is 48.5 Å². The fraction of sp³-hybridized carbons (Fsp3) is 0.133. The highest BCUT2D eigenvalue weighted by atomic mass is 35.5. The van der Waals surface area contributed by atoms with Crippen LogP contribution in [0, 0.1) is 0 Å². The van der Waals surface area contributed by atoms with E-state index in [0.717, 1.165) is 29.2 Å². The van der Waals surface area contributed by atoms with Crippen molar-refractivity contribution in [3.63, 3.8) is 0 Å². The van der Waals surface area contributed by atoms with Crippen molar-refractivity contribution < 1.29 is 0 Å². The molecule has 3 rings (SSSR count). The van der Waals surface area contributed by atoms with Gasteiger partial charge in [-0.15, -0.1) is 0 Å². The Morgan fingerprint density at radius 1 is 1.16 bits per heavy atom. The minimum absolute atomic E-state index is 0.712. The molecular weight excluding hydrogens is 258 g/mol. The van der Waals surface area contributed by atoms with Crippen LogP contribution >= 0.6 is 11.6 Å². The molecule has 0 unspecified atom stereocenters. The summed E-state index contributed by atoms with van der Waals surface area (Å²) in [7, 11) is 0. The van der Waals surface area contributed by atoms with E-state index < -0.39 is 0 Å². The second-order valence-electron chi connectivity index (χ2n) is 4.30. The lowest BCUT2D eigenvalue weighted by Gasteiger charge is -2.08. The molecule has 0 radical (unpaired) electrons. The molecule has 0 spiro atoms. The van der Waals surface area contributed by atoms with Gasteiger partial charge in [0.05, 0.1) is 11.0 Å². The Bertz CT molecular complexity index is 718. The van der Waals surface area contributed by atoms with E-state index >= 15 is 0 Å². The summed E-state index contributed by atoms with van der Waals surface area (Å²) in [6.07, 6.45) is 0. The van der Waals surface area contributed by atoms with E-state index in [-0.39, 0.29) is 0 Å². The lowest BCUT2D eigenvalue weighted by Crippen LogP contribution is -2.01. The fourth-order valence-corrected chi connectivity index (χ4v) is 2.38. The maximum atomic E-state index is 6.00. The van der Waals surface area contributed by atoms with Crippen LogP contribution in [0.25, 0.3) is 11.0 Å². The molecule has 1 heterocycles. The van der Waals surface area contributed by atoms with Crippen molar-refractivity contribution in [2.24, 2.45) is 0 Å². The second-order valence-corrected chi connectivity index (χ2v) is 4.74. The quantitative estimate of drug-likeness (QED) is 0.762. The van der Waals surface area contributed by atoms with Crippen LogP contribution in [0.3, 0.4) is 0 Å². The average molecular weight is 272 g/mol. The van der Waals surface area contributed by atoms with Crippen molar-refractivity contribution >= 4 is 34.3 Å². The number of fused-ring (bicyclic) bond motifs is 1. The molecule has 0 saturated heterocycles. The molecule has 3 aromatic rings. The van der Waals surface area contributed by atoms with Crippen molar-refractivity contribution in [3.05, 3.63) is 53.6 Å². The van der Waals surface area contributed by atoms with E-state index in [1.54, 1.807) is 0 Å². The SMILES string of the molecule is CCn1c(Nc2cccc(Cl)c2)nc2ccccc21. The number of hydrogen-bond donors (Lipinski definition) is 1. The Morgan fingerprint density at radius 2 is 2.00 bits per heavy atom. The van der Waals surface area contributed by atoms with E-state index in [1.807, 2.05) is 42.5 Å². The number of imidazole rings is 1. The van der Waals surface area contributed by atoms with Gasteiger partial charge in [0.25, 0.3) is 0 Å². The molecule has 96 valence electrons. The molecular formula is C15H14ClN3. The first kappa shape index (κ1) is 12.1. The first-order chi connectivity index (χ1) is 9.28. The zero-order chi connectivity index (χ0) is 13.2. The van der Waals surface area contributed by atoms with Gasteiger partial charge in [0.15, 0.2) is 0 Å². The van der Waals surface area contributed by atoms with E-state index in [0.29, 0.717) is 5.02 Å². The molecule has 4 heteroatoms. The van der Waals surface area contributed by atoms with Crippen LogP contribution in [0.4, 0.5) is 11.6 Å². The van der Waals surface area contributed by atoms with Gasteiger partial charge in [-0.2, -0.15) is 0 Å². The summed E-state index contributed by atoms with van der Waals surface area (Å²) < 4.78 is 2.15. The van der Waals surface area contributed by atoms with Crippen LogP contribution < -0.4 is 5.32 Å². The summed E-state index contributed by atoms with van der Waals surface area (Å²) in [5.41, 5.74) is 3.07. The van der Waals surface area contributed by atoms with Gasteiger partial charge in [-0.05, 0) is 37.3 Å². The van der Waals surface area contributed by atoms with Crippen molar-refractivity contribution in [1.82, 2.24) is 9.55 Å². The second kappa shape index (κ2) is 4.94. The Morgan fingerprint density at radius 3 is 2.79 bits per heavy atom. The van der Waals surface area contributed by atoms with Crippen molar-refractivity contribution in [2.45, 2.75) is 13.5 Å². The highest BCUT2D eigenvalue weighted by molar-refractivity contribution is 6.30. The Labute approximate surface area is 116 Å².